The summed E-state index contributed by atoms with van der Waals surface area (Å²) >= 11 is 0. The zero-order valence-corrected chi connectivity index (χ0v) is 10.9. The smallest absolute Gasteiger partial charge is 0.260 e. The minimum absolute atomic E-state index is 0.0926. The van der Waals surface area contributed by atoms with Gasteiger partial charge in [0.15, 0.2) is 5.67 Å². The third-order valence-electron chi connectivity index (χ3n) is 4.41. The molecule has 18 heavy (non-hydrogen) atoms. The highest BCUT2D eigenvalue weighted by Gasteiger charge is 2.53. The van der Waals surface area contributed by atoms with Crippen molar-refractivity contribution in [3.05, 3.63) is 0 Å². The van der Waals surface area contributed by atoms with Crippen molar-refractivity contribution in [2.45, 2.75) is 31.0 Å². The van der Waals surface area contributed by atoms with E-state index in [1.807, 2.05) is 0 Å². The number of amides is 1. The molecule has 0 N–H and O–H groups in total. The first kappa shape index (κ1) is 12.4. The fraction of sp³-hybridized carbons (Fsp3) is 0.923. The van der Waals surface area contributed by atoms with Gasteiger partial charge in [0.25, 0.3) is 5.91 Å². The molecule has 0 aromatic rings. The van der Waals surface area contributed by atoms with E-state index in [2.05, 4.69) is 11.9 Å². The Morgan fingerprint density at radius 3 is 2.83 bits per heavy atom. The molecule has 1 saturated carbocycles. The van der Waals surface area contributed by atoms with E-state index in [0.29, 0.717) is 38.5 Å². The largest absolute Gasteiger partial charge is 0.375 e. The van der Waals surface area contributed by atoms with E-state index in [1.165, 1.54) is 0 Å². The summed E-state index contributed by atoms with van der Waals surface area (Å²) in [6.07, 6.45) is 1.83. The maximum atomic E-state index is 13.8. The zero-order valence-electron chi connectivity index (χ0n) is 10.9. The molecule has 0 spiro atoms. The maximum absolute atomic E-state index is 13.8. The summed E-state index contributed by atoms with van der Waals surface area (Å²) in [6.45, 7) is 3.92. The van der Waals surface area contributed by atoms with Crippen LogP contribution in [-0.4, -0.2) is 67.3 Å². The minimum atomic E-state index is -1.53. The highest BCUT2D eigenvalue weighted by molar-refractivity contribution is 5.88. The summed E-state index contributed by atoms with van der Waals surface area (Å²) in [4.78, 5) is 15.9. The Balaban J connectivity index is 1.64. The third-order valence-corrected chi connectivity index (χ3v) is 4.41. The Hall–Kier alpha value is -0.680. The van der Waals surface area contributed by atoms with Crippen molar-refractivity contribution >= 4 is 5.91 Å². The van der Waals surface area contributed by atoms with Crippen LogP contribution in [0.1, 0.15) is 19.3 Å². The number of nitrogens with zero attached hydrogens (tertiary/aromatic N) is 2. The molecular formula is C13H21FN2O2. The molecule has 3 rings (SSSR count). The molecule has 3 aliphatic rings. The van der Waals surface area contributed by atoms with Gasteiger partial charge in [0, 0.05) is 32.1 Å². The molecular weight excluding hydrogens is 235 g/mol. The molecule has 2 saturated heterocycles. The summed E-state index contributed by atoms with van der Waals surface area (Å²) in [5, 5.41) is 0. The fourth-order valence-electron chi connectivity index (χ4n) is 3.01. The van der Waals surface area contributed by atoms with E-state index in [9.17, 15) is 9.18 Å². The number of likely N-dealkylation sites (N-methyl/N-ethyl adjacent to an activating group) is 1. The van der Waals surface area contributed by atoms with Gasteiger partial charge in [-0.15, -0.1) is 0 Å². The monoisotopic (exact) mass is 256 g/mol. The van der Waals surface area contributed by atoms with E-state index in [0.717, 1.165) is 19.5 Å². The highest BCUT2D eigenvalue weighted by atomic mass is 19.1. The first-order valence-corrected chi connectivity index (χ1v) is 6.87. The van der Waals surface area contributed by atoms with E-state index < -0.39 is 5.67 Å². The van der Waals surface area contributed by atoms with Crippen molar-refractivity contribution in [2.24, 2.45) is 5.92 Å². The van der Waals surface area contributed by atoms with Crippen molar-refractivity contribution in [2.75, 3.05) is 39.8 Å². The van der Waals surface area contributed by atoms with Gasteiger partial charge in [-0.25, -0.2) is 4.39 Å². The van der Waals surface area contributed by atoms with Gasteiger partial charge < -0.3 is 14.5 Å². The van der Waals surface area contributed by atoms with Crippen LogP contribution in [0.4, 0.5) is 4.39 Å². The quantitative estimate of drug-likeness (QED) is 0.691. The summed E-state index contributed by atoms with van der Waals surface area (Å²) < 4.78 is 19.6. The molecule has 1 amide bonds. The van der Waals surface area contributed by atoms with Crippen LogP contribution in [0.15, 0.2) is 0 Å². The predicted octanol–water partition coefficient (Wildman–Crippen LogP) is 0.668. The maximum Gasteiger partial charge on any atom is 0.260 e. The molecule has 0 unspecified atom stereocenters. The molecule has 0 bridgehead atoms. The summed E-state index contributed by atoms with van der Waals surface area (Å²) in [5.74, 6) is 0.179. The van der Waals surface area contributed by atoms with E-state index in [1.54, 1.807) is 4.90 Å². The summed E-state index contributed by atoms with van der Waals surface area (Å²) in [6, 6.07) is 0. The summed E-state index contributed by atoms with van der Waals surface area (Å²) in [5.41, 5.74) is -1.53. The van der Waals surface area contributed by atoms with Crippen molar-refractivity contribution in [3.8, 4) is 0 Å². The number of halogens is 1. The lowest BCUT2D eigenvalue weighted by Gasteiger charge is -2.38. The van der Waals surface area contributed by atoms with Gasteiger partial charge in [0.2, 0.25) is 0 Å². The van der Waals surface area contributed by atoms with Crippen LogP contribution in [0.3, 0.4) is 0 Å². The molecule has 1 aliphatic carbocycles. The van der Waals surface area contributed by atoms with Crippen LogP contribution in [-0.2, 0) is 9.53 Å². The number of hydrogen-bond donors (Lipinski definition) is 0. The Bertz CT molecular complexity index is 346. The topological polar surface area (TPSA) is 32.8 Å². The highest BCUT2D eigenvalue weighted by Crippen LogP contribution is 2.42. The first-order valence-electron chi connectivity index (χ1n) is 6.87. The van der Waals surface area contributed by atoms with Crippen molar-refractivity contribution in [3.63, 3.8) is 0 Å². The van der Waals surface area contributed by atoms with E-state index in [4.69, 9.17) is 4.74 Å². The molecule has 0 radical (unpaired) electrons. The van der Waals surface area contributed by atoms with Gasteiger partial charge in [-0.2, -0.15) is 0 Å². The molecule has 2 heterocycles. The normalized spacial score (nSPS) is 35.8. The SMILES string of the molecule is CN1CCO[C@@H]2CN(C(=O)C3(F)CC3)CC[C@@H]2C1. The van der Waals surface area contributed by atoms with Gasteiger partial charge in [-0.1, -0.05) is 0 Å². The number of hydrogen-bond acceptors (Lipinski definition) is 3. The standard InChI is InChI=1S/C13H21FN2O2/c1-15-6-7-18-11-9-16(5-2-10(11)8-15)12(17)13(14)3-4-13/h10-11H,2-9H2,1H3/t10-,11-/m1/s1. The number of carbonyl (C=O) groups excluding carboxylic acids is 1. The second kappa shape index (κ2) is 4.46. The summed E-state index contributed by atoms with van der Waals surface area (Å²) in [7, 11) is 2.10. The molecule has 4 nitrogen and oxygen atoms in total. The lowest BCUT2D eigenvalue weighted by atomic mass is 9.93. The van der Waals surface area contributed by atoms with Crippen LogP contribution < -0.4 is 0 Å². The van der Waals surface area contributed by atoms with Crippen molar-refractivity contribution in [1.29, 1.82) is 0 Å². The first-order chi connectivity index (χ1) is 8.58. The van der Waals surface area contributed by atoms with Crippen LogP contribution in [0.2, 0.25) is 0 Å². The van der Waals surface area contributed by atoms with Crippen molar-refractivity contribution in [1.82, 2.24) is 9.80 Å². The average Bonchev–Trinajstić information content (AvgIpc) is 3.11. The molecule has 3 fully saturated rings. The number of piperidine rings is 1. The molecule has 102 valence electrons. The van der Waals surface area contributed by atoms with Gasteiger partial charge >= 0.3 is 0 Å². The van der Waals surface area contributed by atoms with Crippen LogP contribution in [0, 0.1) is 5.92 Å². The average molecular weight is 256 g/mol. The van der Waals surface area contributed by atoms with Crippen molar-refractivity contribution < 1.29 is 13.9 Å². The second-order valence-corrected chi connectivity index (χ2v) is 5.94. The van der Waals surface area contributed by atoms with Gasteiger partial charge in [-0.3, -0.25) is 4.79 Å². The fourth-order valence-corrected chi connectivity index (χ4v) is 3.01. The Kier molecular flexibility index (Phi) is 3.06. The number of rotatable bonds is 1. The van der Waals surface area contributed by atoms with Crippen LogP contribution >= 0.6 is 0 Å². The van der Waals surface area contributed by atoms with Gasteiger partial charge in [-0.05, 0) is 26.3 Å². The number of carbonyl (C=O) groups is 1. The Morgan fingerprint density at radius 2 is 2.11 bits per heavy atom. The van der Waals surface area contributed by atoms with E-state index >= 15 is 0 Å². The number of ether oxygens (including phenoxy) is 1. The predicted molar refractivity (Wildman–Crippen MR) is 65.0 cm³/mol. The minimum Gasteiger partial charge on any atom is -0.375 e. The molecule has 2 aliphatic heterocycles. The number of alkyl halides is 1. The zero-order chi connectivity index (χ0) is 12.8. The Morgan fingerprint density at radius 1 is 1.33 bits per heavy atom. The van der Waals surface area contributed by atoms with Gasteiger partial charge in [0.1, 0.15) is 0 Å². The molecule has 5 heteroatoms. The third kappa shape index (κ3) is 2.26. The lowest BCUT2D eigenvalue weighted by Crippen LogP contribution is -2.51. The number of fused-ring (bicyclic) bond motifs is 1. The Labute approximate surface area is 107 Å². The number of likely N-dealkylation sites (tertiary alicyclic amines) is 1. The van der Waals surface area contributed by atoms with Crippen LogP contribution in [0.5, 0.6) is 0 Å². The van der Waals surface area contributed by atoms with E-state index in [-0.39, 0.29) is 12.0 Å². The second-order valence-electron chi connectivity index (χ2n) is 5.94. The lowest BCUT2D eigenvalue weighted by molar-refractivity contribution is -0.143. The van der Waals surface area contributed by atoms with Crippen LogP contribution in [0.25, 0.3) is 0 Å². The molecule has 0 aromatic heterocycles. The van der Waals surface area contributed by atoms with Gasteiger partial charge in [0.05, 0.1) is 12.7 Å². The molecule has 2 atom stereocenters. The molecule has 0 aromatic carbocycles.